The second-order valence-corrected chi connectivity index (χ2v) is 14.7. The third-order valence-corrected chi connectivity index (χ3v) is 8.39. The lowest BCUT2D eigenvalue weighted by Gasteiger charge is -2.21. The van der Waals surface area contributed by atoms with E-state index >= 15 is 4.39 Å². The largest absolute Gasteiger partial charge is 0.346 e. The summed E-state index contributed by atoms with van der Waals surface area (Å²) >= 11 is 0. The molecule has 172 valence electrons. The summed E-state index contributed by atoms with van der Waals surface area (Å²) in [6, 6.07) is 14.8. The summed E-state index contributed by atoms with van der Waals surface area (Å²) < 4.78 is 16.5. The van der Waals surface area contributed by atoms with Crippen LogP contribution < -0.4 is 15.6 Å². The van der Waals surface area contributed by atoms with Crippen LogP contribution in [0.1, 0.15) is 22.3 Å². The third-order valence-electron chi connectivity index (χ3n) is 6.35. The van der Waals surface area contributed by atoms with Crippen molar-refractivity contribution >= 4 is 24.8 Å². The van der Waals surface area contributed by atoms with Gasteiger partial charge >= 0.3 is 5.69 Å². The van der Waals surface area contributed by atoms with Crippen molar-refractivity contribution in [3.8, 4) is 0 Å². The fourth-order valence-electron chi connectivity index (χ4n) is 4.44. The van der Waals surface area contributed by atoms with Gasteiger partial charge in [-0.3, -0.25) is 19.5 Å². The van der Waals surface area contributed by atoms with Crippen molar-refractivity contribution in [1.29, 1.82) is 0 Å². The van der Waals surface area contributed by atoms with Gasteiger partial charge in [-0.1, -0.05) is 67.3 Å². The Labute approximate surface area is 193 Å². The van der Waals surface area contributed by atoms with Crippen molar-refractivity contribution in [3.05, 3.63) is 97.1 Å². The van der Waals surface area contributed by atoms with Gasteiger partial charge in [0.15, 0.2) is 5.82 Å². The number of halogens is 1. The molecule has 0 radical (unpaired) electrons. The minimum Gasteiger partial charge on any atom is -0.346 e. The van der Waals surface area contributed by atoms with Crippen LogP contribution in [0.2, 0.25) is 19.6 Å². The lowest BCUT2D eigenvalue weighted by Crippen LogP contribution is -2.37. The first kappa shape index (κ1) is 22.9. The van der Waals surface area contributed by atoms with E-state index in [1.165, 1.54) is 4.57 Å². The first-order valence-electron chi connectivity index (χ1n) is 11.1. The zero-order valence-electron chi connectivity index (χ0n) is 19.4. The maximum atomic E-state index is 15.0. The van der Waals surface area contributed by atoms with Gasteiger partial charge in [-0.2, -0.15) is 0 Å². The molecule has 4 rings (SSSR count). The first-order valence-corrected chi connectivity index (χ1v) is 14.6. The number of benzene rings is 2. The maximum absolute atomic E-state index is 15.0. The van der Waals surface area contributed by atoms with E-state index in [9.17, 15) is 14.9 Å². The van der Waals surface area contributed by atoms with E-state index in [0.29, 0.717) is 36.6 Å². The van der Waals surface area contributed by atoms with E-state index in [4.69, 9.17) is 0 Å². The molecule has 0 spiro atoms. The van der Waals surface area contributed by atoms with Crippen LogP contribution in [0, 0.1) is 22.9 Å². The van der Waals surface area contributed by atoms with Crippen molar-refractivity contribution in [2.24, 2.45) is 0 Å². The molecule has 0 fully saturated rings. The van der Waals surface area contributed by atoms with Gasteiger partial charge in [-0.05, 0) is 24.1 Å². The Morgan fingerprint density at radius 1 is 1.09 bits per heavy atom. The van der Waals surface area contributed by atoms with Crippen molar-refractivity contribution in [3.63, 3.8) is 0 Å². The van der Waals surface area contributed by atoms with Crippen LogP contribution in [-0.4, -0.2) is 24.1 Å². The number of rotatable bonds is 6. The number of hydrogen-bond acceptors (Lipinski definition) is 4. The van der Waals surface area contributed by atoms with E-state index in [2.05, 4.69) is 19.6 Å². The lowest BCUT2D eigenvalue weighted by molar-refractivity contribution is -0.385. The minimum absolute atomic E-state index is 0.00220. The van der Waals surface area contributed by atoms with E-state index in [1.54, 1.807) is 19.1 Å². The molecule has 0 bridgehead atoms. The van der Waals surface area contributed by atoms with Gasteiger partial charge in [0, 0.05) is 37.2 Å². The van der Waals surface area contributed by atoms with Crippen LogP contribution in [0.25, 0.3) is 0 Å². The number of hydrogen-bond donors (Lipinski definition) is 0. The monoisotopic (exact) mass is 465 g/mol. The average Bonchev–Trinajstić information content (AvgIpc) is 3.16. The quantitative estimate of drug-likeness (QED) is 0.308. The molecule has 3 aromatic rings. The topological polar surface area (TPSA) is 68.4 Å². The van der Waals surface area contributed by atoms with Crippen molar-refractivity contribution in [2.45, 2.75) is 46.1 Å². The fourth-order valence-corrected chi connectivity index (χ4v) is 5.58. The Balaban J connectivity index is 1.82. The molecule has 0 saturated carbocycles. The summed E-state index contributed by atoms with van der Waals surface area (Å²) in [5.74, 6) is -0.0704. The lowest BCUT2D eigenvalue weighted by atomic mass is 9.99. The molecule has 0 amide bonds. The summed E-state index contributed by atoms with van der Waals surface area (Å²) in [7, 11) is -1.70. The fraction of sp³-hybridized carbons (Fsp3) is 0.320. The molecule has 1 aliphatic rings. The zero-order valence-corrected chi connectivity index (χ0v) is 20.4. The van der Waals surface area contributed by atoms with Crippen molar-refractivity contribution in [1.82, 2.24) is 4.57 Å². The van der Waals surface area contributed by atoms with Gasteiger partial charge in [-0.25, -0.2) is 4.39 Å². The molecule has 0 aliphatic carbocycles. The zero-order chi connectivity index (χ0) is 23.9. The molecular weight excluding hydrogens is 437 g/mol. The Morgan fingerprint density at radius 3 is 2.39 bits per heavy atom. The summed E-state index contributed by atoms with van der Waals surface area (Å²) in [6.45, 7) is 9.38. The Morgan fingerprint density at radius 2 is 1.79 bits per heavy atom. The normalized spacial score (nSPS) is 13.3. The molecule has 2 aromatic carbocycles. The number of pyridine rings is 1. The smallest absolute Gasteiger partial charge is 0.313 e. The molecule has 8 heteroatoms. The summed E-state index contributed by atoms with van der Waals surface area (Å²) in [4.78, 5) is 26.9. The van der Waals surface area contributed by atoms with Gasteiger partial charge < -0.3 is 4.90 Å². The second kappa shape index (κ2) is 8.59. The Kier molecular flexibility index (Phi) is 5.96. The predicted octanol–water partition coefficient (Wildman–Crippen LogP) is 4.36. The summed E-state index contributed by atoms with van der Waals surface area (Å²) in [5.41, 5.74) is 1.61. The SMILES string of the molecule is Cc1c(Cc2ccc([Si](C)(C)C)cc2F)c([N+](=O)[O-])c2n(c1=O)CCN2Cc1ccccc1. The van der Waals surface area contributed by atoms with Crippen LogP contribution in [0.3, 0.4) is 0 Å². The molecule has 0 saturated heterocycles. The van der Waals surface area contributed by atoms with E-state index in [-0.39, 0.29) is 29.0 Å². The molecule has 0 unspecified atom stereocenters. The Hall–Kier alpha value is -3.26. The summed E-state index contributed by atoms with van der Waals surface area (Å²) in [5, 5.41) is 13.3. The van der Waals surface area contributed by atoms with Crippen molar-refractivity contribution < 1.29 is 9.31 Å². The highest BCUT2D eigenvalue weighted by atomic mass is 28.3. The van der Waals surface area contributed by atoms with Crippen LogP contribution in [-0.2, 0) is 19.5 Å². The molecule has 1 aliphatic heterocycles. The molecule has 0 N–H and O–H groups in total. The highest BCUT2D eigenvalue weighted by Crippen LogP contribution is 2.37. The molecule has 2 heterocycles. The van der Waals surface area contributed by atoms with Gasteiger partial charge in [0.2, 0.25) is 0 Å². The minimum atomic E-state index is -1.70. The molecular formula is C25H28FN3O3Si. The number of aromatic nitrogens is 1. The highest BCUT2D eigenvalue weighted by Gasteiger charge is 2.35. The standard InChI is InChI=1S/C25H28FN3O3Si/c1-17-21(14-19-10-11-20(15-22(19)26)33(2,3)4)23(29(31)32)24-27(12-13-28(24)25(17)30)16-18-8-6-5-7-9-18/h5-11,15H,12-14,16H2,1-4H3. The van der Waals surface area contributed by atoms with E-state index in [0.717, 1.165) is 10.8 Å². The van der Waals surface area contributed by atoms with E-state index < -0.39 is 13.0 Å². The van der Waals surface area contributed by atoms with Gasteiger partial charge in [0.05, 0.1) is 13.0 Å². The number of fused-ring (bicyclic) bond motifs is 1. The number of anilines is 1. The second-order valence-electron chi connectivity index (χ2n) is 9.63. The van der Waals surface area contributed by atoms with Gasteiger partial charge in [0.25, 0.3) is 5.56 Å². The van der Waals surface area contributed by atoms with Crippen LogP contribution in [0.5, 0.6) is 0 Å². The first-order chi connectivity index (χ1) is 15.6. The van der Waals surface area contributed by atoms with Crippen LogP contribution in [0.4, 0.5) is 15.9 Å². The highest BCUT2D eigenvalue weighted by molar-refractivity contribution is 6.88. The molecule has 6 nitrogen and oxygen atoms in total. The average molecular weight is 466 g/mol. The summed E-state index contributed by atoms with van der Waals surface area (Å²) in [6.07, 6.45) is 0.00220. The maximum Gasteiger partial charge on any atom is 0.313 e. The van der Waals surface area contributed by atoms with Crippen LogP contribution >= 0.6 is 0 Å². The number of nitrogens with zero attached hydrogens (tertiary/aromatic N) is 3. The third kappa shape index (κ3) is 4.35. The predicted molar refractivity (Wildman–Crippen MR) is 132 cm³/mol. The molecule has 0 atom stereocenters. The van der Waals surface area contributed by atoms with Crippen LogP contribution in [0.15, 0.2) is 53.3 Å². The number of nitro groups is 1. The Bertz CT molecular complexity index is 1280. The van der Waals surface area contributed by atoms with Gasteiger partial charge in [0.1, 0.15) is 5.82 Å². The van der Waals surface area contributed by atoms with Crippen molar-refractivity contribution in [2.75, 3.05) is 11.4 Å². The van der Waals surface area contributed by atoms with Gasteiger partial charge in [-0.15, -0.1) is 0 Å². The molecule has 1 aromatic heterocycles. The molecule has 33 heavy (non-hydrogen) atoms. The van der Waals surface area contributed by atoms with E-state index in [1.807, 2.05) is 41.3 Å².